The summed E-state index contributed by atoms with van der Waals surface area (Å²) in [5.41, 5.74) is 16.6. The molecular formula is C20H39N7O5S. The number of aliphatic imine (C=N–C) groups is 1. The van der Waals surface area contributed by atoms with E-state index >= 15 is 0 Å². The first-order valence-corrected chi connectivity index (χ1v) is 11.5. The number of guanidine groups is 1. The number of carboxylic acid groups (broad SMARTS) is 1. The van der Waals surface area contributed by atoms with Crippen LogP contribution in [0.1, 0.15) is 47.0 Å². The van der Waals surface area contributed by atoms with Crippen molar-refractivity contribution in [3.05, 3.63) is 0 Å². The first-order valence-electron chi connectivity index (χ1n) is 10.9. The predicted molar refractivity (Wildman–Crippen MR) is 129 cm³/mol. The molecule has 5 atom stereocenters. The summed E-state index contributed by atoms with van der Waals surface area (Å²) >= 11 is 3.93. The number of amides is 3. The summed E-state index contributed by atoms with van der Waals surface area (Å²) in [6.45, 7) is 7.45. The van der Waals surface area contributed by atoms with Gasteiger partial charge in [-0.05, 0) is 24.7 Å². The zero-order valence-corrected chi connectivity index (χ0v) is 20.6. The van der Waals surface area contributed by atoms with Crippen LogP contribution >= 0.6 is 12.6 Å². The van der Waals surface area contributed by atoms with Gasteiger partial charge in [0.2, 0.25) is 17.7 Å². The van der Waals surface area contributed by atoms with E-state index in [1.807, 2.05) is 13.8 Å². The Morgan fingerprint density at radius 2 is 1.55 bits per heavy atom. The molecule has 0 bridgehead atoms. The van der Waals surface area contributed by atoms with E-state index in [4.69, 9.17) is 17.2 Å². The van der Waals surface area contributed by atoms with Crippen molar-refractivity contribution in [3.63, 3.8) is 0 Å². The van der Waals surface area contributed by atoms with Crippen molar-refractivity contribution in [2.45, 2.75) is 71.1 Å². The molecule has 0 rings (SSSR count). The van der Waals surface area contributed by atoms with Crippen LogP contribution in [0, 0.1) is 11.8 Å². The van der Waals surface area contributed by atoms with Crippen molar-refractivity contribution >= 4 is 42.3 Å². The molecule has 13 heteroatoms. The minimum absolute atomic E-state index is 0.0795. The van der Waals surface area contributed by atoms with Gasteiger partial charge in [0.1, 0.15) is 18.1 Å². The number of carboxylic acids is 1. The zero-order chi connectivity index (χ0) is 25.7. The maximum absolute atomic E-state index is 13.0. The van der Waals surface area contributed by atoms with Crippen molar-refractivity contribution < 1.29 is 24.3 Å². The number of rotatable bonds is 15. The molecule has 3 amide bonds. The van der Waals surface area contributed by atoms with Crippen LogP contribution in [-0.4, -0.2) is 71.2 Å². The number of nitrogens with two attached hydrogens (primary N) is 3. The Morgan fingerprint density at radius 1 is 0.970 bits per heavy atom. The van der Waals surface area contributed by atoms with Gasteiger partial charge in [-0.15, -0.1) is 0 Å². The fraction of sp³-hybridized carbons (Fsp3) is 0.750. The molecule has 0 aromatic carbocycles. The lowest BCUT2D eigenvalue weighted by molar-refractivity contribution is -0.141. The molecule has 0 aromatic heterocycles. The number of hydrogen-bond acceptors (Lipinski definition) is 7. The first-order chi connectivity index (χ1) is 15.3. The van der Waals surface area contributed by atoms with Crippen LogP contribution in [-0.2, 0) is 19.2 Å². The molecule has 0 aliphatic rings. The van der Waals surface area contributed by atoms with Crippen LogP contribution in [0.4, 0.5) is 0 Å². The second-order valence-electron chi connectivity index (χ2n) is 8.23. The fourth-order valence-electron chi connectivity index (χ4n) is 2.79. The van der Waals surface area contributed by atoms with E-state index in [0.29, 0.717) is 12.8 Å². The highest BCUT2D eigenvalue weighted by atomic mass is 32.1. The van der Waals surface area contributed by atoms with Crippen LogP contribution in [0.5, 0.6) is 0 Å². The van der Waals surface area contributed by atoms with Crippen LogP contribution in [0.2, 0.25) is 0 Å². The highest BCUT2D eigenvalue weighted by Crippen LogP contribution is 2.09. The van der Waals surface area contributed by atoms with Crippen LogP contribution < -0.4 is 33.2 Å². The van der Waals surface area contributed by atoms with E-state index < -0.39 is 47.9 Å². The molecule has 0 saturated carbocycles. The summed E-state index contributed by atoms with van der Waals surface area (Å²) in [6.07, 6.45) is 1.17. The third-order valence-electron chi connectivity index (χ3n) is 5.18. The van der Waals surface area contributed by atoms with E-state index in [1.54, 1.807) is 13.8 Å². The van der Waals surface area contributed by atoms with Gasteiger partial charge in [-0.3, -0.25) is 19.4 Å². The molecule has 0 heterocycles. The first kappa shape index (κ1) is 30.5. The SMILES string of the molecule is CCC(C)C(N)C(=O)NC(C(=O)NC(CCCN=C(N)N)C(=O)NC(CS)C(=O)O)C(C)C. The molecule has 0 fully saturated rings. The number of nitrogens with zero attached hydrogens (tertiary/aromatic N) is 1. The Morgan fingerprint density at radius 3 is 2.00 bits per heavy atom. The van der Waals surface area contributed by atoms with E-state index in [1.165, 1.54) is 0 Å². The Bertz CT molecular complexity index is 700. The molecule has 0 aromatic rings. The topological polar surface area (TPSA) is 215 Å². The van der Waals surface area contributed by atoms with Gasteiger partial charge in [-0.2, -0.15) is 12.6 Å². The van der Waals surface area contributed by atoms with E-state index in [9.17, 15) is 24.3 Å². The fourth-order valence-corrected chi connectivity index (χ4v) is 3.04. The Hall–Kier alpha value is -2.54. The summed E-state index contributed by atoms with van der Waals surface area (Å²) < 4.78 is 0. The van der Waals surface area contributed by atoms with E-state index in [0.717, 1.165) is 0 Å². The molecule has 0 aliphatic carbocycles. The van der Waals surface area contributed by atoms with Crippen LogP contribution in [0.25, 0.3) is 0 Å². The van der Waals surface area contributed by atoms with Gasteiger partial charge in [-0.1, -0.05) is 34.1 Å². The molecule has 0 radical (unpaired) electrons. The van der Waals surface area contributed by atoms with Gasteiger partial charge in [-0.25, -0.2) is 4.79 Å². The molecule has 0 spiro atoms. The molecule has 0 saturated heterocycles. The third kappa shape index (κ3) is 11.2. The Labute approximate surface area is 200 Å². The van der Waals surface area contributed by atoms with Gasteiger partial charge in [0.05, 0.1) is 6.04 Å². The van der Waals surface area contributed by atoms with Gasteiger partial charge < -0.3 is 38.3 Å². The second-order valence-corrected chi connectivity index (χ2v) is 8.60. The summed E-state index contributed by atoms with van der Waals surface area (Å²) in [5, 5.41) is 16.8. The normalized spacial score (nSPS) is 15.5. The van der Waals surface area contributed by atoms with Gasteiger partial charge in [0.25, 0.3) is 0 Å². The highest BCUT2D eigenvalue weighted by Gasteiger charge is 2.32. The van der Waals surface area contributed by atoms with Crippen molar-refractivity contribution in [2.75, 3.05) is 12.3 Å². The highest BCUT2D eigenvalue weighted by molar-refractivity contribution is 7.80. The minimum atomic E-state index is -1.25. The Balaban J connectivity index is 5.48. The van der Waals surface area contributed by atoms with E-state index in [-0.39, 0.29) is 36.5 Å². The van der Waals surface area contributed by atoms with Gasteiger partial charge in [0.15, 0.2) is 5.96 Å². The van der Waals surface area contributed by atoms with Crippen LogP contribution in [0.3, 0.4) is 0 Å². The number of nitrogens with one attached hydrogen (secondary N) is 3. The second kappa shape index (κ2) is 15.3. The van der Waals surface area contributed by atoms with Crippen LogP contribution in [0.15, 0.2) is 4.99 Å². The number of carbonyl (C=O) groups is 4. The zero-order valence-electron chi connectivity index (χ0n) is 19.7. The smallest absolute Gasteiger partial charge is 0.327 e. The molecule has 10 N–H and O–H groups in total. The van der Waals surface area contributed by atoms with Crippen molar-refractivity contribution in [2.24, 2.45) is 34.0 Å². The summed E-state index contributed by atoms with van der Waals surface area (Å²) in [5.74, 6) is -3.62. The van der Waals surface area contributed by atoms with Crippen molar-refractivity contribution in [1.29, 1.82) is 0 Å². The lowest BCUT2D eigenvalue weighted by atomic mass is 9.97. The standard InChI is InChI=1S/C20H39N7O5S/c1-5-11(4)14(21)17(29)27-15(10(2)3)18(30)25-12(7-6-8-24-20(22)23)16(28)26-13(9-33)19(31)32/h10-15,33H,5-9,21H2,1-4H3,(H,25,30)(H,26,28)(H,27,29)(H,31,32)(H4,22,23,24). The number of aliphatic carboxylic acids is 1. The van der Waals surface area contributed by atoms with Gasteiger partial charge in [0, 0.05) is 12.3 Å². The molecule has 0 aliphatic heterocycles. The van der Waals surface area contributed by atoms with E-state index in [2.05, 4.69) is 33.6 Å². The summed E-state index contributed by atoms with van der Waals surface area (Å²) in [7, 11) is 0. The maximum Gasteiger partial charge on any atom is 0.327 e. The molecule has 12 nitrogen and oxygen atoms in total. The lowest BCUT2D eigenvalue weighted by Gasteiger charge is -2.27. The average molecular weight is 490 g/mol. The number of carbonyl (C=O) groups excluding carboxylic acids is 3. The minimum Gasteiger partial charge on any atom is -0.480 e. The molecule has 190 valence electrons. The quantitative estimate of drug-likeness (QED) is 0.0587. The van der Waals surface area contributed by atoms with Gasteiger partial charge >= 0.3 is 5.97 Å². The summed E-state index contributed by atoms with van der Waals surface area (Å²) in [6, 6.07) is -4.03. The monoisotopic (exact) mass is 489 g/mol. The average Bonchev–Trinajstić information content (AvgIpc) is 2.75. The Kier molecular flexibility index (Phi) is 14.1. The molecular weight excluding hydrogens is 450 g/mol. The largest absolute Gasteiger partial charge is 0.480 e. The predicted octanol–water partition coefficient (Wildman–Crippen LogP) is -1.46. The third-order valence-corrected chi connectivity index (χ3v) is 5.55. The van der Waals surface area contributed by atoms with Crippen molar-refractivity contribution in [3.8, 4) is 0 Å². The molecule has 33 heavy (non-hydrogen) atoms. The number of hydrogen-bond donors (Lipinski definition) is 8. The molecule has 5 unspecified atom stereocenters. The summed E-state index contributed by atoms with van der Waals surface area (Å²) in [4.78, 5) is 53.3. The lowest BCUT2D eigenvalue weighted by Crippen LogP contribution is -2.59. The number of thiol groups is 1. The maximum atomic E-state index is 13.0. The van der Waals surface area contributed by atoms with Crippen molar-refractivity contribution in [1.82, 2.24) is 16.0 Å².